The predicted molar refractivity (Wildman–Crippen MR) is 135 cm³/mol. The fourth-order valence-electron chi connectivity index (χ4n) is 4.83. The van der Waals surface area contributed by atoms with Gasteiger partial charge in [0.15, 0.2) is 0 Å². The van der Waals surface area contributed by atoms with Crippen LogP contribution in [-0.2, 0) is 32.4 Å². The average Bonchev–Trinajstić information content (AvgIpc) is 3.20. The number of anilines is 1. The molecule has 0 bridgehead atoms. The van der Waals surface area contributed by atoms with Crippen LogP contribution < -0.4 is 15.0 Å². The summed E-state index contributed by atoms with van der Waals surface area (Å²) in [5, 5.41) is 3.00. The highest BCUT2D eigenvalue weighted by atomic mass is 32.2. The van der Waals surface area contributed by atoms with Crippen molar-refractivity contribution >= 4 is 21.6 Å². The molecule has 190 valence electrons. The first-order valence-corrected chi connectivity index (χ1v) is 13.7. The summed E-state index contributed by atoms with van der Waals surface area (Å²) in [6.45, 7) is 5.21. The van der Waals surface area contributed by atoms with Crippen LogP contribution in [0.25, 0.3) is 0 Å². The monoisotopic (exact) mass is 501 g/mol. The lowest BCUT2D eigenvalue weighted by Gasteiger charge is -2.26. The molecule has 2 heterocycles. The molecule has 1 N–H and O–H groups in total. The molecule has 35 heavy (non-hydrogen) atoms. The van der Waals surface area contributed by atoms with Crippen LogP contribution in [0.15, 0.2) is 47.4 Å². The number of hydrogen-bond acceptors (Lipinski definition) is 6. The van der Waals surface area contributed by atoms with Crippen LogP contribution in [0.4, 0.5) is 5.69 Å². The molecular formula is C26H35N3O5S. The largest absolute Gasteiger partial charge is 0.496 e. The Labute approximate surface area is 208 Å². The van der Waals surface area contributed by atoms with E-state index in [4.69, 9.17) is 9.47 Å². The Bertz CT molecular complexity index is 1130. The zero-order chi connectivity index (χ0) is 24.8. The molecule has 0 spiro atoms. The second-order valence-corrected chi connectivity index (χ2v) is 11.0. The average molecular weight is 502 g/mol. The molecule has 0 radical (unpaired) electrons. The highest BCUT2D eigenvalue weighted by Gasteiger charge is 2.27. The Kier molecular flexibility index (Phi) is 8.30. The van der Waals surface area contributed by atoms with Gasteiger partial charge in [0.25, 0.3) is 0 Å². The minimum Gasteiger partial charge on any atom is -0.496 e. The lowest BCUT2D eigenvalue weighted by atomic mass is 10.1. The maximum absolute atomic E-state index is 13.0. The van der Waals surface area contributed by atoms with E-state index >= 15 is 0 Å². The fraction of sp³-hybridized carbons (Fsp3) is 0.500. The summed E-state index contributed by atoms with van der Waals surface area (Å²) < 4.78 is 38.1. The quantitative estimate of drug-likeness (QED) is 0.504. The summed E-state index contributed by atoms with van der Waals surface area (Å²) in [7, 11) is -2.06. The number of amides is 1. The molecule has 8 nitrogen and oxygen atoms in total. The molecule has 9 heteroatoms. The second-order valence-electron chi connectivity index (χ2n) is 9.07. The number of sulfonamides is 1. The normalized spacial score (nSPS) is 18.3. The number of carbonyl (C=O) groups is 1. The summed E-state index contributed by atoms with van der Waals surface area (Å²) in [5.41, 5.74) is 3.39. The van der Waals surface area contributed by atoms with Crippen LogP contribution in [0.5, 0.6) is 5.75 Å². The minimum atomic E-state index is -3.61. The number of nitrogens with zero attached hydrogens (tertiary/aromatic N) is 2. The van der Waals surface area contributed by atoms with Crippen molar-refractivity contribution in [3.05, 3.63) is 53.6 Å². The van der Waals surface area contributed by atoms with Gasteiger partial charge in [0.2, 0.25) is 15.9 Å². The Balaban J connectivity index is 1.28. The zero-order valence-electron chi connectivity index (χ0n) is 20.5. The van der Waals surface area contributed by atoms with Gasteiger partial charge in [0.05, 0.1) is 25.2 Å². The van der Waals surface area contributed by atoms with Crippen LogP contribution in [0.1, 0.15) is 30.9 Å². The van der Waals surface area contributed by atoms with E-state index in [9.17, 15) is 13.2 Å². The van der Waals surface area contributed by atoms with Gasteiger partial charge in [0.1, 0.15) is 5.75 Å². The topological polar surface area (TPSA) is 88.2 Å². The highest BCUT2D eigenvalue weighted by Crippen LogP contribution is 2.31. The number of fused-ring (bicyclic) bond motifs is 1. The molecule has 4 rings (SSSR count). The molecule has 1 atom stereocenters. The number of aryl methyl sites for hydroxylation is 1. The van der Waals surface area contributed by atoms with Gasteiger partial charge in [-0.3, -0.25) is 4.79 Å². The van der Waals surface area contributed by atoms with E-state index in [1.807, 2.05) is 0 Å². The highest BCUT2D eigenvalue weighted by molar-refractivity contribution is 7.89. The van der Waals surface area contributed by atoms with Gasteiger partial charge in [-0.1, -0.05) is 18.2 Å². The molecular weight excluding hydrogens is 466 g/mol. The lowest BCUT2D eigenvalue weighted by molar-refractivity contribution is -0.121. The number of ether oxygens (including phenoxy) is 2. The first-order valence-electron chi connectivity index (χ1n) is 12.3. The Morgan fingerprint density at radius 3 is 2.71 bits per heavy atom. The third kappa shape index (κ3) is 5.97. The molecule has 1 amide bonds. The summed E-state index contributed by atoms with van der Waals surface area (Å²) >= 11 is 0. The molecule has 0 aliphatic carbocycles. The van der Waals surface area contributed by atoms with Crippen molar-refractivity contribution in [2.24, 2.45) is 0 Å². The van der Waals surface area contributed by atoms with E-state index < -0.39 is 10.0 Å². The van der Waals surface area contributed by atoms with Crippen LogP contribution in [0, 0.1) is 0 Å². The van der Waals surface area contributed by atoms with Crippen molar-refractivity contribution in [2.75, 3.05) is 51.4 Å². The number of rotatable bonds is 10. The van der Waals surface area contributed by atoms with Crippen LogP contribution >= 0.6 is 0 Å². The van der Waals surface area contributed by atoms with Gasteiger partial charge in [-0.25, -0.2) is 8.42 Å². The maximum Gasteiger partial charge on any atom is 0.243 e. The molecule has 0 unspecified atom stereocenters. The minimum absolute atomic E-state index is 0.0524. The number of para-hydroxylation sites is 1. The van der Waals surface area contributed by atoms with E-state index in [0.29, 0.717) is 56.6 Å². The molecule has 2 aliphatic rings. The van der Waals surface area contributed by atoms with E-state index in [1.54, 1.807) is 25.3 Å². The smallest absolute Gasteiger partial charge is 0.243 e. The van der Waals surface area contributed by atoms with Crippen LogP contribution in [0.3, 0.4) is 0 Å². The van der Waals surface area contributed by atoms with Gasteiger partial charge in [-0.05, 0) is 61.6 Å². The summed E-state index contributed by atoms with van der Waals surface area (Å²) in [5.74, 6) is 0.531. The van der Waals surface area contributed by atoms with Crippen molar-refractivity contribution in [3.63, 3.8) is 0 Å². The predicted octanol–water partition coefficient (Wildman–Crippen LogP) is 2.61. The number of morpholine rings is 1. The van der Waals surface area contributed by atoms with Gasteiger partial charge < -0.3 is 19.7 Å². The standard InChI is InChI=1S/C26H35N3O5S/c1-20-18-21-6-3-4-7-24(21)29(20)13-5-12-27-26(30)11-8-22-19-23(9-10-25(22)33-2)35(31,32)28-14-16-34-17-15-28/h3-4,6-7,9-10,19-20H,5,8,11-18H2,1-2H3,(H,27,30)/t20-/m1/s1. The molecule has 0 saturated carbocycles. The molecule has 1 saturated heterocycles. The second kappa shape index (κ2) is 11.4. The maximum atomic E-state index is 13.0. The molecule has 2 aliphatic heterocycles. The molecule has 1 fully saturated rings. The summed E-state index contributed by atoms with van der Waals surface area (Å²) in [6, 6.07) is 13.8. The zero-order valence-corrected chi connectivity index (χ0v) is 21.4. The summed E-state index contributed by atoms with van der Waals surface area (Å²) in [6.07, 6.45) is 2.59. The Morgan fingerprint density at radius 1 is 1.17 bits per heavy atom. The van der Waals surface area contributed by atoms with Crippen molar-refractivity contribution in [2.45, 2.75) is 43.5 Å². The number of benzene rings is 2. The number of carbonyl (C=O) groups excluding carboxylic acids is 1. The van der Waals surface area contributed by atoms with Crippen molar-refractivity contribution in [1.82, 2.24) is 9.62 Å². The number of methoxy groups -OCH3 is 1. The molecule has 2 aromatic carbocycles. The summed E-state index contributed by atoms with van der Waals surface area (Å²) in [4.78, 5) is 15.1. The SMILES string of the molecule is COc1ccc(S(=O)(=O)N2CCOCC2)cc1CCC(=O)NCCCN1c2ccccc2C[C@H]1C. The molecule has 2 aromatic rings. The fourth-order valence-corrected chi connectivity index (χ4v) is 6.29. The number of hydrogen-bond donors (Lipinski definition) is 1. The third-order valence-electron chi connectivity index (χ3n) is 6.73. The third-order valence-corrected chi connectivity index (χ3v) is 8.62. The van der Waals surface area contributed by atoms with E-state index in [1.165, 1.54) is 15.6 Å². The Morgan fingerprint density at radius 2 is 1.94 bits per heavy atom. The van der Waals surface area contributed by atoms with Crippen molar-refractivity contribution < 1.29 is 22.7 Å². The van der Waals surface area contributed by atoms with Crippen molar-refractivity contribution in [3.8, 4) is 5.75 Å². The molecule has 0 aromatic heterocycles. The van der Waals surface area contributed by atoms with Crippen LogP contribution in [0.2, 0.25) is 0 Å². The number of nitrogens with one attached hydrogen (secondary N) is 1. The lowest BCUT2D eigenvalue weighted by Crippen LogP contribution is -2.40. The Hall–Kier alpha value is -2.62. The first kappa shape index (κ1) is 25.5. The van der Waals surface area contributed by atoms with E-state index in [0.717, 1.165) is 19.4 Å². The first-order chi connectivity index (χ1) is 16.9. The van der Waals surface area contributed by atoms with Crippen LogP contribution in [-0.4, -0.2) is 71.2 Å². The van der Waals surface area contributed by atoms with Gasteiger partial charge in [0, 0.05) is 44.3 Å². The van der Waals surface area contributed by atoms with Gasteiger partial charge in [-0.2, -0.15) is 4.31 Å². The van der Waals surface area contributed by atoms with E-state index in [-0.39, 0.29) is 17.2 Å². The van der Waals surface area contributed by atoms with Gasteiger partial charge in [-0.15, -0.1) is 0 Å². The van der Waals surface area contributed by atoms with Crippen molar-refractivity contribution in [1.29, 1.82) is 0 Å². The van der Waals surface area contributed by atoms with Gasteiger partial charge >= 0.3 is 0 Å². The van der Waals surface area contributed by atoms with E-state index in [2.05, 4.69) is 41.4 Å².